The van der Waals surface area contributed by atoms with Crippen molar-refractivity contribution in [2.45, 2.75) is 0 Å². The van der Waals surface area contributed by atoms with E-state index in [-0.39, 0.29) is 6.03 Å². The maximum Gasteiger partial charge on any atom is 0.343 e. The number of amides is 1. The van der Waals surface area contributed by atoms with Gasteiger partial charge in [-0.15, -0.1) is 5.10 Å². The van der Waals surface area contributed by atoms with Crippen molar-refractivity contribution < 1.29 is 4.79 Å². The van der Waals surface area contributed by atoms with Gasteiger partial charge >= 0.3 is 6.03 Å². The highest BCUT2D eigenvalue weighted by molar-refractivity contribution is 6.42. The van der Waals surface area contributed by atoms with Crippen molar-refractivity contribution in [2.24, 2.45) is 0 Å². The number of benzene rings is 1. The molecule has 0 radical (unpaired) electrons. The van der Waals surface area contributed by atoms with E-state index in [1.165, 1.54) is 7.05 Å². The summed E-state index contributed by atoms with van der Waals surface area (Å²) in [5.74, 6) is 0. The van der Waals surface area contributed by atoms with Gasteiger partial charge < -0.3 is 5.32 Å². The molecule has 0 spiro atoms. The average Bonchev–Trinajstić information content (AvgIpc) is 2.61. The van der Waals surface area contributed by atoms with Crippen molar-refractivity contribution >= 4 is 40.3 Å². The number of carbonyl (C=O) groups excluding carboxylic acids is 1. The minimum absolute atomic E-state index is 0.358. The first-order chi connectivity index (χ1) is 7.13. The minimum Gasteiger partial charge on any atom is -0.339 e. The molecule has 1 heterocycles. The molecule has 0 saturated heterocycles. The molecule has 78 valence electrons. The molecule has 0 fully saturated rings. The van der Waals surface area contributed by atoms with Gasteiger partial charge in [0.25, 0.3) is 0 Å². The summed E-state index contributed by atoms with van der Waals surface area (Å²) in [7, 11) is 1.51. The summed E-state index contributed by atoms with van der Waals surface area (Å²) in [6, 6.07) is 2.73. The van der Waals surface area contributed by atoms with Crippen LogP contribution >= 0.6 is 23.2 Å². The van der Waals surface area contributed by atoms with Gasteiger partial charge in [0.05, 0.1) is 10.0 Å². The Morgan fingerprint density at radius 3 is 2.73 bits per heavy atom. The standard InChI is InChI=1S/C8H6Cl2N4O/c1-11-8(15)14-7-3-5(10)4(9)2-6(7)12-13-14/h2-3H,1H3,(H,11,15). The number of hydrogen-bond acceptors (Lipinski definition) is 3. The molecule has 0 aliphatic rings. The van der Waals surface area contributed by atoms with Gasteiger partial charge in [0, 0.05) is 7.05 Å². The second-order valence-electron chi connectivity index (χ2n) is 2.81. The first-order valence-electron chi connectivity index (χ1n) is 4.06. The van der Waals surface area contributed by atoms with Gasteiger partial charge in [0.1, 0.15) is 11.0 Å². The largest absolute Gasteiger partial charge is 0.343 e. The van der Waals surface area contributed by atoms with E-state index in [1.807, 2.05) is 0 Å². The van der Waals surface area contributed by atoms with Crippen LogP contribution in [0.5, 0.6) is 0 Å². The lowest BCUT2D eigenvalue weighted by molar-refractivity contribution is 0.242. The molecule has 0 aliphatic heterocycles. The second kappa shape index (κ2) is 3.67. The molecule has 0 atom stereocenters. The molecular formula is C8H6Cl2N4O. The van der Waals surface area contributed by atoms with Gasteiger partial charge in [-0.05, 0) is 12.1 Å². The predicted octanol–water partition coefficient (Wildman–Crippen LogP) is 1.93. The van der Waals surface area contributed by atoms with Gasteiger partial charge in [0.2, 0.25) is 0 Å². The summed E-state index contributed by atoms with van der Waals surface area (Å²) in [5.41, 5.74) is 1.04. The summed E-state index contributed by atoms with van der Waals surface area (Å²) >= 11 is 11.6. The summed E-state index contributed by atoms with van der Waals surface area (Å²) in [6.07, 6.45) is 0. The van der Waals surface area contributed by atoms with Crippen molar-refractivity contribution in [1.29, 1.82) is 0 Å². The lowest BCUT2D eigenvalue weighted by Gasteiger charge is -1.99. The molecule has 15 heavy (non-hydrogen) atoms. The van der Waals surface area contributed by atoms with E-state index < -0.39 is 0 Å². The molecule has 2 aromatic rings. The Morgan fingerprint density at radius 1 is 1.40 bits per heavy atom. The maximum atomic E-state index is 11.4. The Hall–Kier alpha value is -1.33. The Morgan fingerprint density at radius 2 is 2.07 bits per heavy atom. The average molecular weight is 245 g/mol. The first kappa shape index (κ1) is 10.2. The fourth-order valence-electron chi connectivity index (χ4n) is 1.17. The van der Waals surface area contributed by atoms with E-state index in [9.17, 15) is 4.79 Å². The van der Waals surface area contributed by atoms with Crippen molar-refractivity contribution in [3.63, 3.8) is 0 Å². The SMILES string of the molecule is CNC(=O)n1nnc2cc(Cl)c(Cl)cc21. The zero-order valence-corrected chi connectivity index (χ0v) is 9.17. The minimum atomic E-state index is -0.379. The van der Waals surface area contributed by atoms with E-state index in [2.05, 4.69) is 15.6 Å². The normalized spacial score (nSPS) is 10.6. The number of halogens is 2. The number of nitrogens with zero attached hydrogens (tertiary/aromatic N) is 3. The molecule has 1 aromatic heterocycles. The Labute approximate surface area is 95.0 Å². The highest BCUT2D eigenvalue weighted by Gasteiger charge is 2.12. The molecule has 2 rings (SSSR count). The van der Waals surface area contributed by atoms with E-state index in [0.29, 0.717) is 21.1 Å². The van der Waals surface area contributed by atoms with Crippen LogP contribution in [0.1, 0.15) is 0 Å². The lowest BCUT2D eigenvalue weighted by Crippen LogP contribution is -2.25. The number of aromatic nitrogens is 3. The monoisotopic (exact) mass is 244 g/mol. The third kappa shape index (κ3) is 1.64. The zero-order valence-electron chi connectivity index (χ0n) is 7.66. The topological polar surface area (TPSA) is 59.8 Å². The summed E-state index contributed by atoms with van der Waals surface area (Å²) in [4.78, 5) is 11.4. The number of hydrogen-bond donors (Lipinski definition) is 1. The van der Waals surface area contributed by atoms with E-state index in [1.54, 1.807) is 12.1 Å². The molecule has 5 nitrogen and oxygen atoms in total. The van der Waals surface area contributed by atoms with Crippen molar-refractivity contribution in [3.8, 4) is 0 Å². The van der Waals surface area contributed by atoms with E-state index >= 15 is 0 Å². The zero-order chi connectivity index (χ0) is 11.0. The molecule has 0 bridgehead atoms. The Kier molecular flexibility index (Phi) is 2.50. The van der Waals surface area contributed by atoms with Crippen LogP contribution in [0, 0.1) is 0 Å². The molecule has 1 amide bonds. The smallest absolute Gasteiger partial charge is 0.339 e. The fraction of sp³-hybridized carbons (Fsp3) is 0.125. The third-order valence-corrected chi connectivity index (χ3v) is 2.62. The maximum absolute atomic E-state index is 11.4. The predicted molar refractivity (Wildman–Crippen MR) is 57.4 cm³/mol. The molecule has 0 aliphatic carbocycles. The van der Waals surface area contributed by atoms with E-state index in [0.717, 1.165) is 4.68 Å². The summed E-state index contributed by atoms with van der Waals surface area (Å²) in [5, 5.41) is 10.7. The Bertz CT molecular complexity index is 537. The van der Waals surface area contributed by atoms with Crippen molar-refractivity contribution in [2.75, 3.05) is 7.05 Å². The number of rotatable bonds is 0. The van der Waals surface area contributed by atoms with Crippen molar-refractivity contribution in [1.82, 2.24) is 20.3 Å². The van der Waals surface area contributed by atoms with Gasteiger partial charge in [-0.25, -0.2) is 4.79 Å². The number of carbonyl (C=O) groups is 1. The van der Waals surface area contributed by atoms with Crippen LogP contribution in [-0.2, 0) is 0 Å². The van der Waals surface area contributed by atoms with Crippen LogP contribution in [0.25, 0.3) is 11.0 Å². The molecule has 1 N–H and O–H groups in total. The highest BCUT2D eigenvalue weighted by Crippen LogP contribution is 2.26. The molecule has 0 saturated carbocycles. The van der Waals surface area contributed by atoms with Gasteiger partial charge in [0.15, 0.2) is 0 Å². The fourth-order valence-corrected chi connectivity index (χ4v) is 1.49. The van der Waals surface area contributed by atoms with Crippen LogP contribution < -0.4 is 5.32 Å². The third-order valence-electron chi connectivity index (χ3n) is 1.89. The van der Waals surface area contributed by atoms with E-state index in [4.69, 9.17) is 23.2 Å². The van der Waals surface area contributed by atoms with Crippen LogP contribution in [0.15, 0.2) is 12.1 Å². The number of nitrogens with one attached hydrogen (secondary N) is 1. The van der Waals surface area contributed by atoms with Crippen LogP contribution in [0.3, 0.4) is 0 Å². The van der Waals surface area contributed by atoms with Crippen LogP contribution in [-0.4, -0.2) is 28.1 Å². The number of fused-ring (bicyclic) bond motifs is 1. The van der Waals surface area contributed by atoms with Gasteiger partial charge in [-0.1, -0.05) is 28.4 Å². The first-order valence-corrected chi connectivity index (χ1v) is 4.81. The second-order valence-corrected chi connectivity index (χ2v) is 3.63. The van der Waals surface area contributed by atoms with Gasteiger partial charge in [-0.2, -0.15) is 4.68 Å². The summed E-state index contributed by atoms with van der Waals surface area (Å²) < 4.78 is 1.12. The highest BCUT2D eigenvalue weighted by atomic mass is 35.5. The van der Waals surface area contributed by atoms with Gasteiger partial charge in [-0.3, -0.25) is 0 Å². The quantitative estimate of drug-likeness (QED) is 0.771. The van der Waals surface area contributed by atoms with Crippen LogP contribution in [0.4, 0.5) is 4.79 Å². The van der Waals surface area contributed by atoms with Crippen molar-refractivity contribution in [3.05, 3.63) is 22.2 Å². The van der Waals surface area contributed by atoms with Crippen LogP contribution in [0.2, 0.25) is 10.0 Å². The summed E-state index contributed by atoms with van der Waals surface area (Å²) in [6.45, 7) is 0. The molecule has 7 heteroatoms. The Balaban J connectivity index is 2.69. The molecular weight excluding hydrogens is 239 g/mol. The lowest BCUT2D eigenvalue weighted by atomic mass is 10.3. The molecule has 0 unspecified atom stereocenters. The molecule has 1 aromatic carbocycles.